The Bertz CT molecular complexity index is 1150. The lowest BCUT2D eigenvalue weighted by Gasteiger charge is -2.14. The topological polar surface area (TPSA) is 148 Å². The molecule has 0 unspecified atom stereocenters. The number of halogens is 1. The first kappa shape index (κ1) is 23.7. The Labute approximate surface area is 195 Å². The van der Waals surface area contributed by atoms with Gasteiger partial charge in [0.2, 0.25) is 0 Å². The van der Waals surface area contributed by atoms with Crippen LogP contribution in [0.5, 0.6) is 11.5 Å². The number of benzene rings is 2. The number of carbonyl (C=O) groups is 3. The molecule has 1 fully saturated rings. The van der Waals surface area contributed by atoms with Crippen LogP contribution in [-0.4, -0.2) is 46.0 Å². The first-order chi connectivity index (χ1) is 15.7. The molecule has 0 radical (unpaired) electrons. The van der Waals surface area contributed by atoms with Crippen molar-refractivity contribution in [2.75, 3.05) is 13.2 Å². The van der Waals surface area contributed by atoms with E-state index in [1.54, 1.807) is 31.2 Å². The van der Waals surface area contributed by atoms with Crippen LogP contribution in [0.25, 0.3) is 6.08 Å². The zero-order valence-electron chi connectivity index (χ0n) is 17.2. The largest absolute Gasteiger partial charge is 0.490 e. The van der Waals surface area contributed by atoms with Gasteiger partial charge in [-0.1, -0.05) is 15.9 Å². The van der Waals surface area contributed by atoms with E-state index >= 15 is 0 Å². The summed E-state index contributed by atoms with van der Waals surface area (Å²) in [6, 6.07) is 8.34. The number of carbonyl (C=O) groups excluding carboxylic acids is 2. The zero-order valence-corrected chi connectivity index (χ0v) is 18.8. The summed E-state index contributed by atoms with van der Waals surface area (Å²) >= 11 is 3.40. The summed E-state index contributed by atoms with van der Waals surface area (Å²) in [5.74, 6) is -1.31. The Morgan fingerprint density at radius 3 is 2.48 bits per heavy atom. The molecular weight excluding hydrogens is 502 g/mol. The van der Waals surface area contributed by atoms with Crippen molar-refractivity contribution in [3.63, 3.8) is 0 Å². The number of non-ortho nitro benzene ring substituents is 1. The van der Waals surface area contributed by atoms with E-state index in [2.05, 4.69) is 21.2 Å². The van der Waals surface area contributed by atoms with Gasteiger partial charge in [0.1, 0.15) is 18.8 Å². The molecule has 1 saturated heterocycles. The molecule has 0 aromatic heterocycles. The van der Waals surface area contributed by atoms with Crippen molar-refractivity contribution in [2.24, 2.45) is 0 Å². The number of rotatable bonds is 9. The third kappa shape index (κ3) is 5.66. The highest BCUT2D eigenvalue weighted by Gasteiger charge is 2.35. The molecule has 33 heavy (non-hydrogen) atoms. The van der Waals surface area contributed by atoms with Crippen molar-refractivity contribution >= 4 is 45.6 Å². The van der Waals surface area contributed by atoms with Gasteiger partial charge < -0.3 is 19.9 Å². The highest BCUT2D eigenvalue weighted by molar-refractivity contribution is 9.10. The van der Waals surface area contributed by atoms with E-state index in [-0.39, 0.29) is 18.0 Å². The molecular formula is C21H18BrN3O8. The van der Waals surface area contributed by atoms with Crippen molar-refractivity contribution in [2.45, 2.75) is 13.5 Å². The quantitative estimate of drug-likeness (QED) is 0.222. The minimum Gasteiger partial charge on any atom is -0.490 e. The van der Waals surface area contributed by atoms with Gasteiger partial charge in [0.25, 0.3) is 11.6 Å². The average Bonchev–Trinajstić information content (AvgIpc) is 3.02. The summed E-state index contributed by atoms with van der Waals surface area (Å²) in [7, 11) is 0. The number of carboxylic acids is 1. The van der Waals surface area contributed by atoms with Crippen LogP contribution >= 0.6 is 15.9 Å². The highest BCUT2D eigenvalue weighted by Crippen LogP contribution is 2.35. The lowest BCUT2D eigenvalue weighted by atomic mass is 10.1. The molecule has 3 rings (SSSR count). The van der Waals surface area contributed by atoms with Crippen LogP contribution < -0.4 is 14.8 Å². The third-order valence-corrected chi connectivity index (χ3v) is 5.15. The second-order valence-corrected chi connectivity index (χ2v) is 7.59. The van der Waals surface area contributed by atoms with Gasteiger partial charge in [-0.15, -0.1) is 0 Å². The normalized spacial score (nSPS) is 14.4. The predicted octanol–water partition coefficient (Wildman–Crippen LogP) is 3.31. The van der Waals surface area contributed by atoms with Gasteiger partial charge in [0.05, 0.1) is 11.5 Å². The lowest BCUT2D eigenvalue weighted by Crippen LogP contribution is -2.35. The van der Waals surface area contributed by atoms with Crippen molar-refractivity contribution in [3.8, 4) is 11.5 Å². The van der Waals surface area contributed by atoms with E-state index < -0.39 is 29.4 Å². The van der Waals surface area contributed by atoms with Gasteiger partial charge in [0, 0.05) is 16.6 Å². The maximum atomic E-state index is 12.4. The summed E-state index contributed by atoms with van der Waals surface area (Å²) in [6.07, 6.45) is 1.40. The summed E-state index contributed by atoms with van der Waals surface area (Å²) in [4.78, 5) is 46.0. The number of aliphatic carboxylic acids is 1. The molecule has 1 heterocycles. The maximum Gasteiger partial charge on any atom is 0.329 e. The standard InChI is InChI=1S/C21H18BrN3O8/c1-2-32-17-8-13(7-16-20(28)24(10-19(26)27)21(29)23-16)15(22)9-18(17)33-11-12-3-5-14(6-4-12)25(30)31/h3-9H,2,10-11H2,1H3,(H,23,29)(H,26,27)/b16-7+. The van der Waals surface area contributed by atoms with E-state index in [9.17, 15) is 24.5 Å². The molecule has 3 amide bonds. The number of nitrogens with zero attached hydrogens (tertiary/aromatic N) is 2. The van der Waals surface area contributed by atoms with Gasteiger partial charge in [-0.05, 0) is 48.4 Å². The number of nitro benzene ring substituents is 1. The maximum absolute atomic E-state index is 12.4. The summed E-state index contributed by atoms with van der Waals surface area (Å²) in [5.41, 5.74) is 1.10. The van der Waals surface area contributed by atoms with Crippen LogP contribution in [0.15, 0.2) is 46.6 Å². The smallest absolute Gasteiger partial charge is 0.329 e. The number of carboxylic acid groups (broad SMARTS) is 1. The zero-order chi connectivity index (χ0) is 24.1. The van der Waals surface area contributed by atoms with Gasteiger partial charge in [-0.25, -0.2) is 9.69 Å². The molecule has 0 bridgehead atoms. The Morgan fingerprint density at radius 1 is 1.21 bits per heavy atom. The molecule has 0 saturated carbocycles. The number of imide groups is 1. The molecule has 11 nitrogen and oxygen atoms in total. The lowest BCUT2D eigenvalue weighted by molar-refractivity contribution is -0.384. The number of amides is 3. The Hall–Kier alpha value is -3.93. The molecule has 1 aliphatic heterocycles. The summed E-state index contributed by atoms with van der Waals surface area (Å²) in [6.45, 7) is 1.49. The average molecular weight is 520 g/mol. The van der Waals surface area contributed by atoms with E-state index in [1.807, 2.05) is 0 Å². The van der Waals surface area contributed by atoms with Crippen LogP contribution in [0.2, 0.25) is 0 Å². The van der Waals surface area contributed by atoms with Crippen molar-refractivity contribution < 1.29 is 33.9 Å². The monoisotopic (exact) mass is 519 g/mol. The second kappa shape index (κ2) is 10.1. The number of urea groups is 1. The summed E-state index contributed by atoms with van der Waals surface area (Å²) in [5, 5.41) is 22.0. The first-order valence-corrected chi connectivity index (χ1v) is 10.4. The van der Waals surface area contributed by atoms with Gasteiger partial charge >= 0.3 is 12.0 Å². The van der Waals surface area contributed by atoms with E-state index in [0.717, 1.165) is 0 Å². The van der Waals surface area contributed by atoms with E-state index in [0.29, 0.717) is 38.6 Å². The molecule has 12 heteroatoms. The minimum absolute atomic E-state index is 0.0237. The fourth-order valence-electron chi connectivity index (χ4n) is 2.92. The highest BCUT2D eigenvalue weighted by atomic mass is 79.9. The molecule has 2 aromatic carbocycles. The fourth-order valence-corrected chi connectivity index (χ4v) is 3.36. The van der Waals surface area contributed by atoms with E-state index in [1.165, 1.54) is 18.2 Å². The number of nitrogens with one attached hydrogen (secondary N) is 1. The first-order valence-electron chi connectivity index (χ1n) is 9.58. The van der Waals surface area contributed by atoms with Gasteiger partial charge in [-0.3, -0.25) is 19.7 Å². The second-order valence-electron chi connectivity index (χ2n) is 6.74. The van der Waals surface area contributed by atoms with Crippen LogP contribution in [0, 0.1) is 10.1 Å². The molecule has 2 aromatic rings. The van der Waals surface area contributed by atoms with Crippen LogP contribution in [-0.2, 0) is 16.2 Å². The molecule has 0 aliphatic carbocycles. The van der Waals surface area contributed by atoms with Crippen LogP contribution in [0.1, 0.15) is 18.1 Å². The third-order valence-electron chi connectivity index (χ3n) is 4.46. The Morgan fingerprint density at radius 2 is 1.88 bits per heavy atom. The number of ether oxygens (including phenoxy) is 2. The fraction of sp³-hybridized carbons (Fsp3) is 0.190. The minimum atomic E-state index is -1.31. The molecule has 0 atom stereocenters. The molecule has 1 aliphatic rings. The molecule has 2 N–H and O–H groups in total. The predicted molar refractivity (Wildman–Crippen MR) is 119 cm³/mol. The van der Waals surface area contributed by atoms with Crippen LogP contribution in [0.4, 0.5) is 10.5 Å². The molecule has 172 valence electrons. The summed E-state index contributed by atoms with van der Waals surface area (Å²) < 4.78 is 12.0. The van der Waals surface area contributed by atoms with Crippen molar-refractivity contribution in [3.05, 3.63) is 67.8 Å². The SMILES string of the molecule is CCOc1cc(/C=C2/NC(=O)N(CC(=O)O)C2=O)c(Br)cc1OCc1ccc([N+](=O)[O-])cc1. The van der Waals surface area contributed by atoms with Crippen molar-refractivity contribution in [1.82, 2.24) is 10.2 Å². The van der Waals surface area contributed by atoms with Crippen molar-refractivity contribution in [1.29, 1.82) is 0 Å². The van der Waals surface area contributed by atoms with E-state index in [4.69, 9.17) is 14.6 Å². The molecule has 0 spiro atoms. The number of hydrogen-bond donors (Lipinski definition) is 2. The Balaban J connectivity index is 1.83. The Kier molecular flexibility index (Phi) is 7.28. The van der Waals surface area contributed by atoms with Gasteiger partial charge in [-0.2, -0.15) is 0 Å². The number of hydrogen-bond acceptors (Lipinski definition) is 7. The van der Waals surface area contributed by atoms with Gasteiger partial charge in [0.15, 0.2) is 11.5 Å². The number of nitro groups is 1. The van der Waals surface area contributed by atoms with Crippen LogP contribution in [0.3, 0.4) is 0 Å².